The van der Waals surface area contributed by atoms with Crippen molar-refractivity contribution in [3.05, 3.63) is 68.2 Å². The number of halogens is 1. The molecule has 7 nitrogen and oxygen atoms in total. The fourth-order valence-electron chi connectivity index (χ4n) is 2.45. The number of ether oxygens (including phenoxy) is 1. The van der Waals surface area contributed by atoms with Crippen molar-refractivity contribution < 1.29 is 9.53 Å². The second-order valence-corrected chi connectivity index (χ2v) is 5.68. The van der Waals surface area contributed by atoms with Gasteiger partial charge in [0.1, 0.15) is 12.3 Å². The first-order chi connectivity index (χ1) is 12.0. The third kappa shape index (κ3) is 3.41. The van der Waals surface area contributed by atoms with E-state index in [-0.39, 0.29) is 17.3 Å². The van der Waals surface area contributed by atoms with Gasteiger partial charge in [0.25, 0.3) is 11.1 Å². The minimum atomic E-state index is -0.478. The van der Waals surface area contributed by atoms with Crippen molar-refractivity contribution in [2.24, 2.45) is 0 Å². The standard InChI is InChI=1S/C17H14ClN3O4/c1-25-14-7-6-10(8-13(14)18)19-15(22)9-21-17(24)12-5-3-2-4-11(12)16(23)20-21/h2-8H,9H2,1H3,(H,19,22)(H,20,23). The Morgan fingerprint density at radius 1 is 1.20 bits per heavy atom. The molecule has 0 aliphatic carbocycles. The number of aromatic nitrogens is 2. The Labute approximate surface area is 146 Å². The lowest BCUT2D eigenvalue weighted by atomic mass is 10.2. The van der Waals surface area contributed by atoms with Crippen molar-refractivity contribution >= 4 is 34.0 Å². The van der Waals surface area contributed by atoms with E-state index in [0.29, 0.717) is 16.5 Å². The fraction of sp³-hybridized carbons (Fsp3) is 0.118. The Kier molecular flexibility index (Phi) is 4.58. The Balaban J connectivity index is 1.85. The SMILES string of the molecule is COc1ccc(NC(=O)Cn2[nH]c(=O)c3ccccc3c2=O)cc1Cl. The highest BCUT2D eigenvalue weighted by Crippen LogP contribution is 2.27. The van der Waals surface area contributed by atoms with Crippen molar-refractivity contribution in [3.63, 3.8) is 0 Å². The maximum Gasteiger partial charge on any atom is 0.273 e. The van der Waals surface area contributed by atoms with Crippen molar-refractivity contribution in [2.75, 3.05) is 12.4 Å². The van der Waals surface area contributed by atoms with Crippen LogP contribution in [0.2, 0.25) is 5.02 Å². The largest absolute Gasteiger partial charge is 0.495 e. The van der Waals surface area contributed by atoms with Crippen molar-refractivity contribution in [1.29, 1.82) is 0 Å². The lowest BCUT2D eigenvalue weighted by molar-refractivity contribution is -0.117. The summed E-state index contributed by atoms with van der Waals surface area (Å²) in [6.45, 7) is -0.331. The Morgan fingerprint density at radius 3 is 2.60 bits per heavy atom. The highest BCUT2D eigenvalue weighted by molar-refractivity contribution is 6.32. The number of anilines is 1. The molecule has 0 radical (unpaired) electrons. The van der Waals surface area contributed by atoms with Crippen molar-refractivity contribution in [1.82, 2.24) is 9.78 Å². The molecule has 2 aromatic carbocycles. The van der Waals surface area contributed by atoms with E-state index in [9.17, 15) is 14.4 Å². The zero-order valence-electron chi connectivity index (χ0n) is 13.2. The van der Waals surface area contributed by atoms with Crippen LogP contribution >= 0.6 is 11.6 Å². The van der Waals surface area contributed by atoms with Crippen LogP contribution in [-0.4, -0.2) is 22.8 Å². The fourth-order valence-corrected chi connectivity index (χ4v) is 2.70. The third-order valence-corrected chi connectivity index (χ3v) is 3.92. The monoisotopic (exact) mass is 359 g/mol. The number of benzene rings is 2. The summed E-state index contributed by atoms with van der Waals surface area (Å²) < 4.78 is 6.02. The van der Waals surface area contributed by atoms with Crippen LogP contribution in [0.3, 0.4) is 0 Å². The number of methoxy groups -OCH3 is 1. The van der Waals surface area contributed by atoms with E-state index >= 15 is 0 Å². The van der Waals surface area contributed by atoms with E-state index in [1.165, 1.54) is 13.2 Å². The van der Waals surface area contributed by atoms with Gasteiger partial charge in [-0.2, -0.15) is 0 Å². The van der Waals surface area contributed by atoms with Gasteiger partial charge in [0.2, 0.25) is 5.91 Å². The highest BCUT2D eigenvalue weighted by atomic mass is 35.5. The van der Waals surface area contributed by atoms with Crippen LogP contribution in [0.1, 0.15) is 0 Å². The quantitative estimate of drug-likeness (QED) is 0.745. The molecule has 25 heavy (non-hydrogen) atoms. The van der Waals surface area contributed by atoms with Gasteiger partial charge in [-0.25, -0.2) is 4.68 Å². The summed E-state index contributed by atoms with van der Waals surface area (Å²) in [5.41, 5.74) is -0.430. The summed E-state index contributed by atoms with van der Waals surface area (Å²) in [6, 6.07) is 11.2. The van der Waals surface area contributed by atoms with Crippen LogP contribution in [0, 0.1) is 0 Å². The summed E-state index contributed by atoms with van der Waals surface area (Å²) in [6.07, 6.45) is 0. The first-order valence-corrected chi connectivity index (χ1v) is 7.72. The average molecular weight is 360 g/mol. The summed E-state index contributed by atoms with van der Waals surface area (Å²) in [4.78, 5) is 36.6. The van der Waals surface area contributed by atoms with E-state index in [1.54, 1.807) is 36.4 Å². The summed E-state index contributed by atoms with van der Waals surface area (Å²) in [7, 11) is 1.49. The Bertz CT molecular complexity index is 1070. The lowest BCUT2D eigenvalue weighted by Gasteiger charge is -2.10. The molecule has 8 heteroatoms. The van der Waals surface area contributed by atoms with Crippen LogP contribution < -0.4 is 21.2 Å². The molecule has 3 aromatic rings. The molecule has 0 unspecified atom stereocenters. The number of nitrogens with one attached hydrogen (secondary N) is 2. The maximum atomic E-state index is 12.4. The molecular weight excluding hydrogens is 346 g/mol. The highest BCUT2D eigenvalue weighted by Gasteiger charge is 2.11. The normalized spacial score (nSPS) is 10.6. The summed E-state index contributed by atoms with van der Waals surface area (Å²) in [5.74, 6) is 0.00371. The third-order valence-electron chi connectivity index (χ3n) is 3.62. The molecule has 128 valence electrons. The molecule has 1 aromatic heterocycles. The minimum absolute atomic E-state index is 0.256. The number of nitrogens with zero attached hydrogens (tertiary/aromatic N) is 1. The van der Waals surface area contributed by atoms with E-state index in [0.717, 1.165) is 4.68 Å². The van der Waals surface area contributed by atoms with Gasteiger partial charge >= 0.3 is 0 Å². The average Bonchev–Trinajstić information content (AvgIpc) is 2.59. The molecule has 0 spiro atoms. The van der Waals surface area contributed by atoms with Gasteiger partial charge in [-0.1, -0.05) is 23.7 Å². The first kappa shape index (κ1) is 16.8. The number of carbonyl (C=O) groups excluding carboxylic acids is 1. The second kappa shape index (κ2) is 6.82. The minimum Gasteiger partial charge on any atom is -0.495 e. The van der Waals surface area contributed by atoms with E-state index in [2.05, 4.69) is 10.4 Å². The lowest BCUT2D eigenvalue weighted by Crippen LogP contribution is -2.34. The van der Waals surface area contributed by atoms with Gasteiger partial charge in [0.05, 0.1) is 22.9 Å². The zero-order valence-corrected chi connectivity index (χ0v) is 14.0. The number of H-pyrrole nitrogens is 1. The van der Waals surface area contributed by atoms with Gasteiger partial charge in [-0.05, 0) is 30.3 Å². The second-order valence-electron chi connectivity index (χ2n) is 5.28. The molecule has 1 amide bonds. The molecule has 0 aliphatic heterocycles. The number of hydrogen-bond acceptors (Lipinski definition) is 4. The Morgan fingerprint density at radius 2 is 1.92 bits per heavy atom. The molecule has 0 atom stereocenters. The van der Waals surface area contributed by atoms with Crippen LogP contribution in [0.25, 0.3) is 10.8 Å². The molecule has 1 heterocycles. The molecule has 0 fully saturated rings. The number of rotatable bonds is 4. The number of amides is 1. The number of carbonyl (C=O) groups is 1. The molecule has 0 aliphatic rings. The van der Waals surface area contributed by atoms with Crippen molar-refractivity contribution in [3.8, 4) is 5.75 Å². The summed E-state index contributed by atoms with van der Waals surface area (Å²) >= 11 is 6.01. The first-order valence-electron chi connectivity index (χ1n) is 7.35. The van der Waals surface area contributed by atoms with E-state index < -0.39 is 17.0 Å². The van der Waals surface area contributed by atoms with Crippen LogP contribution in [0.15, 0.2) is 52.1 Å². The van der Waals surface area contributed by atoms with Gasteiger partial charge in [-0.3, -0.25) is 19.5 Å². The molecular formula is C17H14ClN3O4. The number of fused-ring (bicyclic) bond motifs is 1. The predicted octanol–water partition coefficient (Wildman–Crippen LogP) is 1.99. The van der Waals surface area contributed by atoms with E-state index in [1.807, 2.05) is 0 Å². The van der Waals surface area contributed by atoms with Gasteiger partial charge in [0.15, 0.2) is 0 Å². The maximum absolute atomic E-state index is 12.4. The molecule has 2 N–H and O–H groups in total. The van der Waals surface area contributed by atoms with Crippen LogP contribution in [-0.2, 0) is 11.3 Å². The number of hydrogen-bond donors (Lipinski definition) is 2. The molecule has 3 rings (SSSR count). The van der Waals surface area contributed by atoms with Gasteiger partial charge in [0, 0.05) is 5.69 Å². The van der Waals surface area contributed by atoms with Crippen LogP contribution in [0.5, 0.6) is 5.75 Å². The smallest absolute Gasteiger partial charge is 0.273 e. The van der Waals surface area contributed by atoms with Gasteiger partial charge < -0.3 is 10.1 Å². The number of aromatic amines is 1. The topological polar surface area (TPSA) is 93.2 Å². The van der Waals surface area contributed by atoms with Gasteiger partial charge in [-0.15, -0.1) is 0 Å². The molecule has 0 saturated heterocycles. The summed E-state index contributed by atoms with van der Waals surface area (Å²) in [5, 5.41) is 5.91. The van der Waals surface area contributed by atoms with E-state index in [4.69, 9.17) is 16.3 Å². The van der Waals surface area contributed by atoms with Crippen molar-refractivity contribution in [2.45, 2.75) is 6.54 Å². The Hall–Kier alpha value is -3.06. The van der Waals surface area contributed by atoms with Crippen LogP contribution in [0.4, 0.5) is 5.69 Å². The molecule has 0 saturated carbocycles. The molecule has 0 bridgehead atoms. The zero-order chi connectivity index (χ0) is 18.0. The predicted molar refractivity (Wildman–Crippen MR) is 95.5 cm³/mol.